The molecule has 3 rings (SSSR count). The maximum atomic E-state index is 6.11. The highest BCUT2D eigenvalue weighted by atomic mass is 15.5. The van der Waals surface area contributed by atoms with E-state index in [2.05, 4.69) is 15.5 Å². The van der Waals surface area contributed by atoms with E-state index in [0.29, 0.717) is 5.92 Å². The lowest BCUT2D eigenvalue weighted by Gasteiger charge is -2.21. The van der Waals surface area contributed by atoms with E-state index in [4.69, 9.17) is 5.73 Å². The van der Waals surface area contributed by atoms with Crippen LogP contribution >= 0.6 is 0 Å². The normalized spacial score (nSPS) is 16.4. The first-order valence-corrected chi connectivity index (χ1v) is 7.37. The Kier molecular flexibility index (Phi) is 3.67. The van der Waals surface area contributed by atoms with E-state index in [1.807, 2.05) is 29.8 Å². The first-order valence-electron chi connectivity index (χ1n) is 7.37. The first kappa shape index (κ1) is 13.1. The van der Waals surface area contributed by atoms with Crippen molar-refractivity contribution in [1.82, 2.24) is 20.2 Å². The fourth-order valence-electron chi connectivity index (χ4n) is 3.12. The van der Waals surface area contributed by atoms with Crippen LogP contribution in [0, 0.1) is 12.8 Å². The summed E-state index contributed by atoms with van der Waals surface area (Å²) in [5.74, 6) is 1.49. The highest BCUT2D eigenvalue weighted by molar-refractivity contribution is 5.74. The molecule has 0 spiro atoms. The van der Waals surface area contributed by atoms with Crippen LogP contribution in [-0.2, 0) is 6.54 Å². The van der Waals surface area contributed by atoms with Gasteiger partial charge < -0.3 is 5.73 Å². The minimum atomic E-state index is 0.691. The monoisotopic (exact) mass is 271 g/mol. The van der Waals surface area contributed by atoms with Gasteiger partial charge in [-0.3, -0.25) is 0 Å². The van der Waals surface area contributed by atoms with Gasteiger partial charge in [0.05, 0.1) is 0 Å². The number of aromatic nitrogens is 4. The Morgan fingerprint density at radius 1 is 1.25 bits per heavy atom. The van der Waals surface area contributed by atoms with Crippen molar-refractivity contribution in [2.75, 3.05) is 5.73 Å². The van der Waals surface area contributed by atoms with Crippen LogP contribution in [0.1, 0.15) is 37.7 Å². The largest absolute Gasteiger partial charge is 0.398 e. The number of hydrogen-bond acceptors (Lipinski definition) is 4. The Labute approximate surface area is 119 Å². The highest BCUT2D eigenvalue weighted by Crippen LogP contribution is 2.29. The maximum absolute atomic E-state index is 6.11. The minimum absolute atomic E-state index is 0.691. The van der Waals surface area contributed by atoms with Crippen LogP contribution < -0.4 is 5.73 Å². The van der Waals surface area contributed by atoms with Crippen molar-refractivity contribution >= 4 is 5.69 Å². The van der Waals surface area contributed by atoms with Gasteiger partial charge in [0.1, 0.15) is 0 Å². The molecule has 0 bridgehead atoms. The third kappa shape index (κ3) is 2.53. The zero-order chi connectivity index (χ0) is 13.9. The maximum Gasteiger partial charge on any atom is 0.184 e. The number of benzene rings is 1. The fraction of sp³-hybridized carbons (Fsp3) is 0.533. The van der Waals surface area contributed by atoms with E-state index in [1.54, 1.807) is 0 Å². The summed E-state index contributed by atoms with van der Waals surface area (Å²) >= 11 is 0. The number of aryl methyl sites for hydroxylation is 1. The van der Waals surface area contributed by atoms with Gasteiger partial charge in [0.2, 0.25) is 0 Å². The molecule has 106 valence electrons. The molecule has 0 saturated heterocycles. The van der Waals surface area contributed by atoms with Crippen LogP contribution in [0.15, 0.2) is 18.2 Å². The Morgan fingerprint density at radius 3 is 2.80 bits per heavy atom. The number of nitrogen functional groups attached to an aromatic ring is 1. The smallest absolute Gasteiger partial charge is 0.184 e. The number of nitrogens with zero attached hydrogens (tertiary/aromatic N) is 4. The number of tetrazole rings is 1. The minimum Gasteiger partial charge on any atom is -0.398 e. The predicted octanol–water partition coefficient (Wildman–Crippen LogP) is 2.81. The number of nitrogens with two attached hydrogens (primary N) is 1. The summed E-state index contributed by atoms with van der Waals surface area (Å²) < 4.78 is 1.93. The van der Waals surface area contributed by atoms with Crippen molar-refractivity contribution in [3.8, 4) is 11.4 Å². The standard InChI is InChI=1S/C15H21N5/c1-11-6-5-9-13(16)14(11)15-17-18-19-20(15)10-12-7-3-2-4-8-12/h5-6,9,12H,2-4,7-8,10,16H2,1H3. The van der Waals surface area contributed by atoms with Crippen LogP contribution in [0.3, 0.4) is 0 Å². The number of anilines is 1. The van der Waals surface area contributed by atoms with Crippen molar-refractivity contribution in [3.63, 3.8) is 0 Å². The van der Waals surface area contributed by atoms with Gasteiger partial charge in [0.15, 0.2) is 5.82 Å². The molecule has 1 saturated carbocycles. The van der Waals surface area contributed by atoms with Gasteiger partial charge in [0, 0.05) is 17.8 Å². The van der Waals surface area contributed by atoms with E-state index in [1.165, 1.54) is 32.1 Å². The molecular formula is C15H21N5. The predicted molar refractivity (Wildman–Crippen MR) is 79.0 cm³/mol. The molecule has 1 aliphatic rings. The summed E-state index contributed by atoms with van der Waals surface area (Å²) in [7, 11) is 0. The van der Waals surface area contributed by atoms with Crippen molar-refractivity contribution in [2.45, 2.75) is 45.6 Å². The molecule has 0 aliphatic heterocycles. The van der Waals surface area contributed by atoms with Crippen LogP contribution in [0.4, 0.5) is 5.69 Å². The Hall–Kier alpha value is -1.91. The van der Waals surface area contributed by atoms with Gasteiger partial charge in [-0.25, -0.2) is 4.68 Å². The molecule has 0 radical (unpaired) electrons. The molecule has 5 nitrogen and oxygen atoms in total. The molecule has 2 N–H and O–H groups in total. The molecule has 0 atom stereocenters. The van der Waals surface area contributed by atoms with E-state index in [-0.39, 0.29) is 0 Å². The number of rotatable bonds is 3. The summed E-state index contributed by atoms with van der Waals surface area (Å²) in [6, 6.07) is 5.91. The van der Waals surface area contributed by atoms with E-state index in [0.717, 1.165) is 29.2 Å². The molecule has 1 aromatic carbocycles. The van der Waals surface area contributed by atoms with Crippen molar-refractivity contribution in [1.29, 1.82) is 0 Å². The summed E-state index contributed by atoms with van der Waals surface area (Å²) in [6.07, 6.45) is 6.58. The molecule has 2 aromatic rings. The van der Waals surface area contributed by atoms with E-state index in [9.17, 15) is 0 Å². The molecule has 1 heterocycles. The molecule has 1 fully saturated rings. The third-order valence-electron chi connectivity index (χ3n) is 4.22. The molecule has 1 aromatic heterocycles. The van der Waals surface area contributed by atoms with Gasteiger partial charge in [-0.15, -0.1) is 5.10 Å². The van der Waals surface area contributed by atoms with Crippen molar-refractivity contribution in [2.24, 2.45) is 5.92 Å². The lowest BCUT2D eigenvalue weighted by atomic mass is 9.89. The summed E-state index contributed by atoms with van der Waals surface area (Å²) in [4.78, 5) is 0. The average molecular weight is 271 g/mol. The zero-order valence-corrected chi connectivity index (χ0v) is 11.9. The van der Waals surface area contributed by atoms with Gasteiger partial charge in [0.25, 0.3) is 0 Å². The first-order chi connectivity index (χ1) is 9.75. The quantitative estimate of drug-likeness (QED) is 0.871. The van der Waals surface area contributed by atoms with Crippen LogP contribution in [-0.4, -0.2) is 20.2 Å². The topological polar surface area (TPSA) is 69.6 Å². The highest BCUT2D eigenvalue weighted by Gasteiger charge is 2.19. The Morgan fingerprint density at radius 2 is 2.05 bits per heavy atom. The molecular weight excluding hydrogens is 250 g/mol. The SMILES string of the molecule is Cc1cccc(N)c1-c1nnnn1CC1CCCCC1. The van der Waals surface area contributed by atoms with Crippen LogP contribution in [0.25, 0.3) is 11.4 Å². The zero-order valence-electron chi connectivity index (χ0n) is 11.9. The molecule has 5 heteroatoms. The van der Waals surface area contributed by atoms with Gasteiger partial charge in [-0.05, 0) is 47.7 Å². The van der Waals surface area contributed by atoms with E-state index >= 15 is 0 Å². The number of hydrogen-bond donors (Lipinski definition) is 1. The van der Waals surface area contributed by atoms with Crippen LogP contribution in [0.2, 0.25) is 0 Å². The molecule has 0 amide bonds. The lowest BCUT2D eigenvalue weighted by Crippen LogP contribution is -2.16. The summed E-state index contributed by atoms with van der Waals surface area (Å²) in [5.41, 5.74) is 8.93. The Balaban J connectivity index is 1.89. The third-order valence-corrected chi connectivity index (χ3v) is 4.22. The molecule has 0 unspecified atom stereocenters. The average Bonchev–Trinajstić information content (AvgIpc) is 2.88. The van der Waals surface area contributed by atoms with Crippen molar-refractivity contribution in [3.05, 3.63) is 23.8 Å². The molecule has 1 aliphatic carbocycles. The summed E-state index contributed by atoms with van der Waals surface area (Å²) in [6.45, 7) is 2.95. The van der Waals surface area contributed by atoms with Crippen LogP contribution in [0.5, 0.6) is 0 Å². The van der Waals surface area contributed by atoms with E-state index < -0.39 is 0 Å². The van der Waals surface area contributed by atoms with Crippen molar-refractivity contribution < 1.29 is 0 Å². The van der Waals surface area contributed by atoms with Gasteiger partial charge in [-0.2, -0.15) is 0 Å². The molecule has 20 heavy (non-hydrogen) atoms. The second-order valence-electron chi connectivity index (χ2n) is 5.73. The van der Waals surface area contributed by atoms with Gasteiger partial charge >= 0.3 is 0 Å². The van der Waals surface area contributed by atoms with Gasteiger partial charge in [-0.1, -0.05) is 31.4 Å². The lowest BCUT2D eigenvalue weighted by molar-refractivity contribution is 0.307. The fourth-order valence-corrected chi connectivity index (χ4v) is 3.12. The Bertz CT molecular complexity index is 563. The summed E-state index contributed by atoms with van der Waals surface area (Å²) in [5, 5.41) is 12.2. The second-order valence-corrected chi connectivity index (χ2v) is 5.73. The second kappa shape index (κ2) is 5.61.